The van der Waals surface area contributed by atoms with E-state index >= 15 is 0 Å². The lowest BCUT2D eigenvalue weighted by Gasteiger charge is -2.43. The minimum absolute atomic E-state index is 0.0931. The summed E-state index contributed by atoms with van der Waals surface area (Å²) < 4.78 is 16.9. The molecule has 0 bridgehead atoms. The molecule has 0 spiro atoms. The molecule has 0 saturated heterocycles. The third-order valence-corrected chi connectivity index (χ3v) is 5.10. The molecular formula is C20H21ClN2O3. The molecule has 0 amide bonds. The largest absolute Gasteiger partial charge is 0.493 e. The lowest BCUT2D eigenvalue weighted by molar-refractivity contribution is -0.0911. The van der Waals surface area contributed by atoms with E-state index in [1.54, 1.807) is 14.2 Å². The Balaban J connectivity index is 1.75. The fourth-order valence-electron chi connectivity index (χ4n) is 3.63. The highest BCUT2D eigenvalue weighted by molar-refractivity contribution is 6.30. The van der Waals surface area contributed by atoms with E-state index in [2.05, 4.69) is 0 Å². The molecule has 4 rings (SSSR count). The zero-order valence-electron chi connectivity index (χ0n) is 15.2. The molecule has 6 heteroatoms. The summed E-state index contributed by atoms with van der Waals surface area (Å²) in [5.74, 6) is 2.26. The Morgan fingerprint density at radius 3 is 2.62 bits per heavy atom. The van der Waals surface area contributed by atoms with E-state index in [4.69, 9.17) is 30.9 Å². The van der Waals surface area contributed by atoms with E-state index in [0.717, 1.165) is 29.0 Å². The first-order chi connectivity index (χ1) is 12.4. The second-order valence-electron chi connectivity index (χ2n) is 6.91. The first-order valence-electron chi connectivity index (χ1n) is 8.50. The van der Waals surface area contributed by atoms with Crippen LogP contribution < -0.4 is 14.2 Å². The summed E-state index contributed by atoms with van der Waals surface area (Å²) in [5, 5.41) is 7.60. The summed E-state index contributed by atoms with van der Waals surface area (Å²) in [6.07, 6.45) is 0.773. The molecule has 0 radical (unpaired) electrons. The fraction of sp³-hybridized carbons (Fsp3) is 0.350. The van der Waals surface area contributed by atoms with E-state index in [-0.39, 0.29) is 6.04 Å². The van der Waals surface area contributed by atoms with Crippen LogP contribution in [0.5, 0.6) is 17.2 Å². The number of benzene rings is 2. The van der Waals surface area contributed by atoms with Crippen molar-refractivity contribution in [1.29, 1.82) is 0 Å². The number of hydrogen-bond donors (Lipinski definition) is 0. The van der Waals surface area contributed by atoms with Gasteiger partial charge in [-0.3, -0.25) is 0 Å². The Morgan fingerprint density at radius 1 is 1.12 bits per heavy atom. The number of methoxy groups -OCH3 is 2. The zero-order valence-corrected chi connectivity index (χ0v) is 16.0. The monoisotopic (exact) mass is 372 g/mol. The minimum Gasteiger partial charge on any atom is -0.493 e. The molecule has 5 nitrogen and oxygen atoms in total. The molecule has 0 aliphatic carbocycles. The van der Waals surface area contributed by atoms with Gasteiger partial charge in [0.15, 0.2) is 17.2 Å². The molecule has 0 N–H and O–H groups in total. The molecule has 2 aliphatic heterocycles. The van der Waals surface area contributed by atoms with E-state index in [1.807, 2.05) is 55.3 Å². The highest BCUT2D eigenvalue weighted by Gasteiger charge is 2.44. The van der Waals surface area contributed by atoms with Crippen molar-refractivity contribution in [3.8, 4) is 17.2 Å². The van der Waals surface area contributed by atoms with Crippen LogP contribution in [0, 0.1) is 0 Å². The molecule has 2 aliphatic rings. The second-order valence-corrected chi connectivity index (χ2v) is 7.35. The number of halogens is 1. The number of hydrogen-bond acceptors (Lipinski definition) is 5. The van der Waals surface area contributed by atoms with Crippen LogP contribution in [0.3, 0.4) is 0 Å². The van der Waals surface area contributed by atoms with Crippen LogP contribution >= 0.6 is 11.6 Å². The van der Waals surface area contributed by atoms with Crippen molar-refractivity contribution in [2.24, 2.45) is 5.10 Å². The normalized spacial score (nSPS) is 20.0. The molecular weight excluding hydrogens is 352 g/mol. The van der Waals surface area contributed by atoms with Crippen molar-refractivity contribution >= 4 is 17.3 Å². The van der Waals surface area contributed by atoms with Crippen molar-refractivity contribution in [2.75, 3.05) is 14.2 Å². The Bertz CT molecular complexity index is 895. The molecule has 0 fully saturated rings. The predicted molar refractivity (Wildman–Crippen MR) is 101 cm³/mol. The summed E-state index contributed by atoms with van der Waals surface area (Å²) in [5.41, 5.74) is 2.53. The first kappa shape index (κ1) is 17.0. The summed E-state index contributed by atoms with van der Waals surface area (Å²) in [4.78, 5) is 0. The number of rotatable bonds is 3. The van der Waals surface area contributed by atoms with Gasteiger partial charge in [-0.25, -0.2) is 5.01 Å². The van der Waals surface area contributed by atoms with Crippen LogP contribution in [0.2, 0.25) is 5.02 Å². The van der Waals surface area contributed by atoms with Gasteiger partial charge in [0.05, 0.1) is 26.0 Å². The average Bonchev–Trinajstić information content (AvgIpc) is 3.08. The SMILES string of the molecule is COc1ccc(C2=NN3[C@H](C2)c2cc(Cl)ccc2OC3(C)C)cc1OC. The Kier molecular flexibility index (Phi) is 3.99. The van der Waals surface area contributed by atoms with Gasteiger partial charge >= 0.3 is 0 Å². The second kappa shape index (κ2) is 6.09. The standard InChI is InChI=1S/C20H21ClN2O3/c1-20(2)23-16(14-10-13(21)6-8-17(14)26-20)11-15(22-23)12-5-7-18(24-3)19(9-12)25-4/h5-10,16H,11H2,1-4H3/t16-/m1/s1. The number of hydrazone groups is 1. The van der Waals surface area contributed by atoms with E-state index in [0.29, 0.717) is 16.5 Å². The van der Waals surface area contributed by atoms with Crippen LogP contribution in [0.4, 0.5) is 0 Å². The third-order valence-electron chi connectivity index (χ3n) is 4.87. The van der Waals surface area contributed by atoms with Crippen LogP contribution in [0.15, 0.2) is 41.5 Å². The van der Waals surface area contributed by atoms with Gasteiger partial charge in [0.25, 0.3) is 0 Å². The summed E-state index contributed by atoms with van der Waals surface area (Å²) in [6.45, 7) is 4.05. The molecule has 2 aromatic carbocycles. The topological polar surface area (TPSA) is 43.3 Å². The zero-order chi connectivity index (χ0) is 18.5. The van der Waals surface area contributed by atoms with E-state index in [1.165, 1.54) is 0 Å². The maximum Gasteiger partial charge on any atom is 0.192 e. The quantitative estimate of drug-likeness (QED) is 0.787. The minimum atomic E-state index is -0.538. The van der Waals surface area contributed by atoms with E-state index < -0.39 is 5.72 Å². The highest BCUT2D eigenvalue weighted by atomic mass is 35.5. The molecule has 0 unspecified atom stereocenters. The fourth-order valence-corrected chi connectivity index (χ4v) is 3.81. The molecule has 26 heavy (non-hydrogen) atoms. The summed E-state index contributed by atoms with van der Waals surface area (Å²) in [6, 6.07) is 11.7. The summed E-state index contributed by atoms with van der Waals surface area (Å²) in [7, 11) is 3.27. The lowest BCUT2D eigenvalue weighted by atomic mass is 9.95. The van der Waals surface area contributed by atoms with Gasteiger partial charge in [-0.2, -0.15) is 5.10 Å². The van der Waals surface area contributed by atoms with Crippen LogP contribution in [0.1, 0.15) is 37.4 Å². The van der Waals surface area contributed by atoms with Gasteiger partial charge in [-0.15, -0.1) is 0 Å². The van der Waals surface area contributed by atoms with Gasteiger partial charge in [0.2, 0.25) is 0 Å². The molecule has 136 valence electrons. The maximum absolute atomic E-state index is 6.22. The molecule has 1 atom stereocenters. The summed E-state index contributed by atoms with van der Waals surface area (Å²) >= 11 is 6.22. The highest BCUT2D eigenvalue weighted by Crippen LogP contribution is 2.47. The van der Waals surface area contributed by atoms with Gasteiger partial charge in [-0.1, -0.05) is 11.6 Å². The van der Waals surface area contributed by atoms with Crippen LogP contribution in [-0.4, -0.2) is 30.7 Å². The van der Waals surface area contributed by atoms with Crippen molar-refractivity contribution in [1.82, 2.24) is 5.01 Å². The Morgan fingerprint density at radius 2 is 1.88 bits per heavy atom. The predicted octanol–water partition coefficient (Wildman–Crippen LogP) is 4.64. The molecule has 2 aromatic rings. The van der Waals surface area contributed by atoms with Gasteiger partial charge in [0.1, 0.15) is 5.75 Å². The van der Waals surface area contributed by atoms with Crippen molar-refractivity contribution in [3.05, 3.63) is 52.5 Å². The van der Waals surface area contributed by atoms with Gasteiger partial charge in [-0.05, 0) is 50.2 Å². The smallest absolute Gasteiger partial charge is 0.192 e. The van der Waals surface area contributed by atoms with Gasteiger partial charge < -0.3 is 14.2 Å². The Labute approximate surface area is 158 Å². The lowest BCUT2D eigenvalue weighted by Crippen LogP contribution is -2.48. The molecule has 2 heterocycles. The van der Waals surface area contributed by atoms with E-state index in [9.17, 15) is 0 Å². The molecule has 0 aromatic heterocycles. The first-order valence-corrected chi connectivity index (χ1v) is 8.88. The van der Waals surface area contributed by atoms with Crippen LogP contribution in [0.25, 0.3) is 0 Å². The Hall–Kier alpha value is -2.40. The maximum atomic E-state index is 6.22. The number of nitrogens with zero attached hydrogens (tertiary/aromatic N) is 2. The van der Waals surface area contributed by atoms with Crippen molar-refractivity contribution < 1.29 is 14.2 Å². The third kappa shape index (κ3) is 2.67. The number of ether oxygens (including phenoxy) is 3. The van der Waals surface area contributed by atoms with Gasteiger partial charge in [0, 0.05) is 22.6 Å². The van der Waals surface area contributed by atoms with Crippen LogP contribution in [-0.2, 0) is 0 Å². The molecule has 0 saturated carbocycles. The van der Waals surface area contributed by atoms with Crippen molar-refractivity contribution in [3.63, 3.8) is 0 Å². The average molecular weight is 373 g/mol. The van der Waals surface area contributed by atoms with Crippen molar-refractivity contribution in [2.45, 2.75) is 32.0 Å². The number of fused-ring (bicyclic) bond motifs is 3.